The summed E-state index contributed by atoms with van der Waals surface area (Å²) < 4.78 is 5.13. The molecule has 0 amide bonds. The number of hydrazone groups is 1. The Hall–Kier alpha value is -2.60. The zero-order valence-corrected chi connectivity index (χ0v) is 12.2. The summed E-state index contributed by atoms with van der Waals surface area (Å²) >= 11 is 5.13. The van der Waals surface area contributed by atoms with Crippen molar-refractivity contribution in [2.75, 3.05) is 12.4 Å². The lowest BCUT2D eigenvalue weighted by molar-refractivity contribution is 0.415. The van der Waals surface area contributed by atoms with Crippen molar-refractivity contribution in [2.24, 2.45) is 5.10 Å². The molecule has 0 atom stereocenters. The van der Waals surface area contributed by atoms with E-state index in [1.807, 2.05) is 30.3 Å². The van der Waals surface area contributed by atoms with Gasteiger partial charge in [-0.2, -0.15) is 5.10 Å². The van der Waals surface area contributed by atoms with Crippen LogP contribution in [0.2, 0.25) is 0 Å². The molecule has 0 fully saturated rings. The fourth-order valence-corrected chi connectivity index (χ4v) is 1.80. The third-order valence-corrected chi connectivity index (χ3v) is 2.77. The van der Waals surface area contributed by atoms with E-state index in [1.54, 1.807) is 31.5 Å². The lowest BCUT2D eigenvalue weighted by Gasteiger charge is -2.08. The van der Waals surface area contributed by atoms with Crippen molar-refractivity contribution in [3.63, 3.8) is 0 Å². The number of aromatic hydroxyl groups is 1. The number of phenols is 1. The average molecular weight is 301 g/mol. The van der Waals surface area contributed by atoms with E-state index in [0.717, 1.165) is 17.0 Å². The number of rotatable bonds is 4. The molecule has 0 aromatic heterocycles. The highest BCUT2D eigenvalue weighted by Gasteiger charge is 1.98. The number of nitrogens with zero attached hydrogens (tertiary/aromatic N) is 1. The number of thiocarbonyl (C=S) groups is 1. The predicted molar refractivity (Wildman–Crippen MR) is 88.1 cm³/mol. The number of methoxy groups -OCH3 is 1. The van der Waals surface area contributed by atoms with Gasteiger partial charge in [0.2, 0.25) is 0 Å². The van der Waals surface area contributed by atoms with Gasteiger partial charge in [-0.1, -0.05) is 18.2 Å². The fourth-order valence-electron chi connectivity index (χ4n) is 1.63. The Morgan fingerprint density at radius 2 is 2.05 bits per heavy atom. The van der Waals surface area contributed by atoms with Crippen molar-refractivity contribution >= 4 is 29.2 Å². The zero-order valence-electron chi connectivity index (χ0n) is 11.4. The number of nitrogens with one attached hydrogen (secondary N) is 2. The molecule has 0 radical (unpaired) electrons. The molecule has 0 saturated heterocycles. The first kappa shape index (κ1) is 14.8. The van der Waals surface area contributed by atoms with Crippen LogP contribution in [0.5, 0.6) is 11.5 Å². The Bertz CT molecular complexity index is 659. The van der Waals surface area contributed by atoms with Crippen LogP contribution in [-0.4, -0.2) is 23.5 Å². The molecule has 0 aliphatic rings. The minimum Gasteiger partial charge on any atom is -0.508 e. The summed E-state index contributed by atoms with van der Waals surface area (Å²) in [4.78, 5) is 0. The highest BCUT2D eigenvalue weighted by Crippen LogP contribution is 2.16. The molecule has 5 nitrogen and oxygen atoms in total. The molecule has 108 valence electrons. The molecule has 2 aromatic rings. The molecule has 2 rings (SSSR count). The first-order chi connectivity index (χ1) is 10.2. The van der Waals surface area contributed by atoms with E-state index in [0.29, 0.717) is 5.11 Å². The fraction of sp³-hybridized carbons (Fsp3) is 0.0667. The predicted octanol–water partition coefficient (Wildman–Crippen LogP) is 2.72. The van der Waals surface area contributed by atoms with Crippen LogP contribution >= 0.6 is 12.2 Å². The summed E-state index contributed by atoms with van der Waals surface area (Å²) in [7, 11) is 1.61. The topological polar surface area (TPSA) is 65.9 Å². The van der Waals surface area contributed by atoms with Gasteiger partial charge >= 0.3 is 0 Å². The quantitative estimate of drug-likeness (QED) is 0.460. The number of hydrogen-bond acceptors (Lipinski definition) is 4. The van der Waals surface area contributed by atoms with E-state index in [1.165, 1.54) is 0 Å². The number of phenolic OH excluding ortho intramolecular Hbond substituents is 1. The van der Waals surface area contributed by atoms with E-state index >= 15 is 0 Å². The molecular weight excluding hydrogens is 286 g/mol. The summed E-state index contributed by atoms with van der Waals surface area (Å²) in [5, 5.41) is 16.7. The largest absolute Gasteiger partial charge is 0.508 e. The molecule has 0 saturated carbocycles. The standard InChI is InChI=1S/C15H15N3O2S/c1-20-14-7-3-5-12(9-14)17-15(21)18-16-10-11-4-2-6-13(19)8-11/h2-10,19H,1H3,(H2,17,18,21)/b16-10-. The van der Waals surface area contributed by atoms with Crippen molar-refractivity contribution < 1.29 is 9.84 Å². The molecule has 0 bridgehead atoms. The third kappa shape index (κ3) is 4.77. The SMILES string of the molecule is COc1cccc(NC(=S)N/N=C\c2cccc(O)c2)c1. The Morgan fingerprint density at radius 1 is 1.24 bits per heavy atom. The van der Waals surface area contributed by atoms with E-state index in [4.69, 9.17) is 17.0 Å². The van der Waals surface area contributed by atoms with Crippen LogP contribution < -0.4 is 15.5 Å². The second kappa shape index (κ2) is 7.25. The Labute approximate surface area is 128 Å². The van der Waals surface area contributed by atoms with E-state index in [-0.39, 0.29) is 5.75 Å². The van der Waals surface area contributed by atoms with Gasteiger partial charge in [-0.05, 0) is 42.0 Å². The summed E-state index contributed by atoms with van der Waals surface area (Å²) in [5.41, 5.74) is 4.28. The molecule has 0 heterocycles. The minimum absolute atomic E-state index is 0.191. The number of benzene rings is 2. The van der Waals surface area contributed by atoms with Gasteiger partial charge in [0.1, 0.15) is 11.5 Å². The van der Waals surface area contributed by atoms with Crippen molar-refractivity contribution in [2.45, 2.75) is 0 Å². The molecule has 21 heavy (non-hydrogen) atoms. The maximum absolute atomic E-state index is 9.33. The van der Waals surface area contributed by atoms with Crippen LogP contribution in [0.1, 0.15) is 5.56 Å². The van der Waals surface area contributed by atoms with Crippen molar-refractivity contribution in [3.05, 3.63) is 54.1 Å². The number of hydrogen-bond donors (Lipinski definition) is 3. The van der Waals surface area contributed by atoms with Crippen molar-refractivity contribution in [1.29, 1.82) is 0 Å². The minimum atomic E-state index is 0.191. The first-order valence-electron chi connectivity index (χ1n) is 6.20. The average Bonchev–Trinajstić information content (AvgIpc) is 2.47. The summed E-state index contributed by atoms with van der Waals surface area (Å²) in [6.45, 7) is 0. The van der Waals surface area contributed by atoms with Gasteiger partial charge in [0.05, 0.1) is 13.3 Å². The molecule has 0 spiro atoms. The van der Waals surface area contributed by atoms with Crippen molar-refractivity contribution in [1.82, 2.24) is 5.43 Å². The van der Waals surface area contributed by atoms with Crippen molar-refractivity contribution in [3.8, 4) is 11.5 Å². The van der Waals surface area contributed by atoms with Crippen LogP contribution in [0.4, 0.5) is 5.69 Å². The van der Waals surface area contributed by atoms with Crippen LogP contribution in [0.25, 0.3) is 0 Å². The van der Waals surface area contributed by atoms with Crippen LogP contribution in [0.15, 0.2) is 53.6 Å². The van der Waals surface area contributed by atoms with E-state index in [9.17, 15) is 5.11 Å². The van der Waals surface area contributed by atoms with E-state index in [2.05, 4.69) is 15.8 Å². The maximum atomic E-state index is 9.33. The zero-order chi connectivity index (χ0) is 15.1. The van der Waals surface area contributed by atoms with Gasteiger partial charge in [0.15, 0.2) is 5.11 Å². The normalized spacial score (nSPS) is 10.3. The Morgan fingerprint density at radius 3 is 2.81 bits per heavy atom. The van der Waals surface area contributed by atoms with Gasteiger partial charge in [-0.3, -0.25) is 5.43 Å². The second-order valence-corrected chi connectivity index (χ2v) is 4.56. The van der Waals surface area contributed by atoms with Crippen LogP contribution in [0, 0.1) is 0 Å². The Balaban J connectivity index is 1.90. The lowest BCUT2D eigenvalue weighted by Crippen LogP contribution is -2.23. The lowest BCUT2D eigenvalue weighted by atomic mass is 10.2. The number of anilines is 1. The molecule has 2 aromatic carbocycles. The van der Waals surface area contributed by atoms with Crippen LogP contribution in [0.3, 0.4) is 0 Å². The van der Waals surface area contributed by atoms with Gasteiger partial charge < -0.3 is 15.2 Å². The molecule has 6 heteroatoms. The van der Waals surface area contributed by atoms with Crippen LogP contribution in [-0.2, 0) is 0 Å². The highest BCUT2D eigenvalue weighted by molar-refractivity contribution is 7.80. The second-order valence-electron chi connectivity index (χ2n) is 4.15. The first-order valence-corrected chi connectivity index (χ1v) is 6.61. The molecule has 0 aliphatic heterocycles. The van der Waals surface area contributed by atoms with E-state index < -0.39 is 0 Å². The molecule has 0 unspecified atom stereocenters. The smallest absolute Gasteiger partial charge is 0.191 e. The maximum Gasteiger partial charge on any atom is 0.191 e. The number of ether oxygens (including phenoxy) is 1. The summed E-state index contributed by atoms with van der Waals surface area (Å²) in [6, 6.07) is 14.2. The monoisotopic (exact) mass is 301 g/mol. The molecule has 3 N–H and O–H groups in total. The highest BCUT2D eigenvalue weighted by atomic mass is 32.1. The summed E-state index contributed by atoms with van der Waals surface area (Å²) in [6.07, 6.45) is 1.57. The molecule has 0 aliphatic carbocycles. The Kier molecular flexibility index (Phi) is 5.11. The third-order valence-electron chi connectivity index (χ3n) is 2.58. The van der Waals surface area contributed by atoms with Gasteiger partial charge in [0.25, 0.3) is 0 Å². The van der Waals surface area contributed by atoms with Gasteiger partial charge in [0, 0.05) is 11.8 Å². The summed E-state index contributed by atoms with van der Waals surface area (Å²) in [5.74, 6) is 0.932. The van der Waals surface area contributed by atoms with Gasteiger partial charge in [-0.25, -0.2) is 0 Å². The van der Waals surface area contributed by atoms with Gasteiger partial charge in [-0.15, -0.1) is 0 Å². The molecular formula is C15H15N3O2S.